The first kappa shape index (κ1) is 17.6. The van der Waals surface area contributed by atoms with Crippen molar-refractivity contribution in [1.29, 1.82) is 0 Å². The molecule has 0 spiro atoms. The number of carboxylic acids is 1. The number of aryl methyl sites for hydroxylation is 1. The van der Waals surface area contributed by atoms with E-state index in [2.05, 4.69) is 5.32 Å². The number of carboxylic acid groups (broad SMARTS) is 1. The maximum atomic E-state index is 13.1. The van der Waals surface area contributed by atoms with Gasteiger partial charge in [-0.25, -0.2) is 4.39 Å². The highest BCUT2D eigenvalue weighted by molar-refractivity contribution is 7.14. The Bertz CT molecular complexity index is 776. The lowest BCUT2D eigenvalue weighted by Crippen LogP contribution is -2.38. The predicted molar refractivity (Wildman–Crippen MR) is 95.3 cm³/mol. The van der Waals surface area contributed by atoms with Crippen LogP contribution in [-0.4, -0.2) is 23.0 Å². The highest BCUT2D eigenvalue weighted by Gasteiger charge is 2.27. The summed E-state index contributed by atoms with van der Waals surface area (Å²) in [6.07, 6.45) is 2.59. The molecule has 0 atom stereocenters. The Morgan fingerprint density at radius 1 is 1.16 bits per heavy atom. The van der Waals surface area contributed by atoms with Crippen molar-refractivity contribution in [3.05, 3.63) is 45.9 Å². The number of nitrogens with one attached hydrogen (secondary N) is 1. The summed E-state index contributed by atoms with van der Waals surface area (Å²) in [5.74, 6) is -1.45. The molecule has 6 heteroatoms. The third-order valence-electron chi connectivity index (χ3n) is 4.71. The number of benzene rings is 1. The number of hydrogen-bond acceptors (Lipinski definition) is 3. The molecule has 1 aromatic carbocycles. The van der Waals surface area contributed by atoms with Gasteiger partial charge < -0.3 is 10.4 Å². The number of carbonyl (C=O) groups excluding carboxylic acids is 1. The molecule has 0 unspecified atom stereocenters. The number of amides is 1. The topological polar surface area (TPSA) is 66.4 Å². The molecule has 0 radical (unpaired) electrons. The number of hydrogen-bond donors (Lipinski definition) is 2. The van der Waals surface area contributed by atoms with Crippen molar-refractivity contribution < 1.29 is 19.1 Å². The Morgan fingerprint density at radius 2 is 1.80 bits per heavy atom. The van der Waals surface area contributed by atoms with Crippen LogP contribution in [0.1, 0.15) is 40.2 Å². The van der Waals surface area contributed by atoms with E-state index in [-0.39, 0.29) is 23.7 Å². The van der Waals surface area contributed by atoms with Crippen LogP contribution in [0.3, 0.4) is 0 Å². The van der Waals surface area contributed by atoms with Crippen LogP contribution in [0.25, 0.3) is 11.1 Å². The Kier molecular flexibility index (Phi) is 5.18. The molecular weight excluding hydrogens is 341 g/mol. The minimum Gasteiger partial charge on any atom is -0.481 e. The molecule has 2 N–H and O–H groups in total. The molecule has 0 aliphatic heterocycles. The van der Waals surface area contributed by atoms with Gasteiger partial charge in [-0.1, -0.05) is 12.1 Å². The molecule has 4 nitrogen and oxygen atoms in total. The lowest BCUT2D eigenvalue weighted by Gasteiger charge is -2.26. The van der Waals surface area contributed by atoms with Gasteiger partial charge in [-0.3, -0.25) is 9.59 Å². The molecule has 3 rings (SSSR count). The third kappa shape index (κ3) is 4.07. The van der Waals surface area contributed by atoms with Gasteiger partial charge >= 0.3 is 5.97 Å². The van der Waals surface area contributed by atoms with Gasteiger partial charge in [0.1, 0.15) is 5.82 Å². The zero-order chi connectivity index (χ0) is 18.0. The average Bonchev–Trinajstić information content (AvgIpc) is 2.98. The Morgan fingerprint density at radius 3 is 2.40 bits per heavy atom. The molecule has 132 valence electrons. The lowest BCUT2D eigenvalue weighted by atomic mass is 9.86. The minimum atomic E-state index is -0.748. The van der Waals surface area contributed by atoms with Crippen LogP contribution in [0, 0.1) is 18.7 Å². The number of rotatable bonds is 4. The van der Waals surface area contributed by atoms with Crippen LogP contribution < -0.4 is 5.32 Å². The van der Waals surface area contributed by atoms with E-state index in [1.165, 1.54) is 23.5 Å². The standard InChI is InChI=1S/C19H20FNO3S/c1-11-16(12-2-6-14(20)7-3-12)10-17(25-11)18(22)21-15-8-4-13(5-9-15)19(23)24/h2-3,6-7,10,13,15H,4-5,8-9H2,1H3,(H,21,22)(H,23,24). The fourth-order valence-corrected chi connectivity index (χ4v) is 4.20. The molecule has 1 aromatic heterocycles. The van der Waals surface area contributed by atoms with E-state index in [0.29, 0.717) is 30.6 Å². The smallest absolute Gasteiger partial charge is 0.306 e. The van der Waals surface area contributed by atoms with Crippen LogP contribution in [0.5, 0.6) is 0 Å². The molecule has 1 saturated carbocycles. The SMILES string of the molecule is Cc1sc(C(=O)NC2CCC(C(=O)O)CC2)cc1-c1ccc(F)cc1. The Labute approximate surface area is 149 Å². The summed E-state index contributed by atoms with van der Waals surface area (Å²) >= 11 is 1.42. The lowest BCUT2D eigenvalue weighted by molar-refractivity contribution is -0.142. The van der Waals surface area contributed by atoms with E-state index in [1.54, 1.807) is 12.1 Å². The molecule has 1 amide bonds. The molecule has 0 saturated heterocycles. The quantitative estimate of drug-likeness (QED) is 0.856. The van der Waals surface area contributed by atoms with E-state index in [1.807, 2.05) is 13.0 Å². The number of carbonyl (C=O) groups is 2. The minimum absolute atomic E-state index is 0.0276. The van der Waals surface area contributed by atoms with Crippen molar-refractivity contribution in [3.8, 4) is 11.1 Å². The first-order valence-electron chi connectivity index (χ1n) is 8.34. The van der Waals surface area contributed by atoms with Crippen molar-refractivity contribution >= 4 is 23.2 Å². The molecule has 1 aliphatic rings. The maximum Gasteiger partial charge on any atom is 0.306 e. The van der Waals surface area contributed by atoms with Gasteiger partial charge in [-0.15, -0.1) is 11.3 Å². The fourth-order valence-electron chi connectivity index (χ4n) is 3.25. The van der Waals surface area contributed by atoms with Crippen molar-refractivity contribution in [1.82, 2.24) is 5.32 Å². The summed E-state index contributed by atoms with van der Waals surface area (Å²) in [5.41, 5.74) is 1.82. The molecule has 0 bridgehead atoms. The molecule has 25 heavy (non-hydrogen) atoms. The third-order valence-corrected chi connectivity index (χ3v) is 5.76. The number of aliphatic carboxylic acids is 1. The van der Waals surface area contributed by atoms with Gasteiger partial charge in [0.25, 0.3) is 5.91 Å². The average molecular weight is 361 g/mol. The Balaban J connectivity index is 1.66. The second-order valence-corrected chi connectivity index (χ2v) is 7.70. The normalized spacial score (nSPS) is 20.2. The molecule has 1 aliphatic carbocycles. The first-order chi connectivity index (χ1) is 11.9. The van der Waals surface area contributed by atoms with Crippen molar-refractivity contribution in [2.45, 2.75) is 38.6 Å². The maximum absolute atomic E-state index is 13.1. The highest BCUT2D eigenvalue weighted by atomic mass is 32.1. The van der Waals surface area contributed by atoms with Gasteiger partial charge in [-0.05, 0) is 61.9 Å². The molecule has 1 fully saturated rings. The first-order valence-corrected chi connectivity index (χ1v) is 9.15. The largest absolute Gasteiger partial charge is 0.481 e. The Hall–Kier alpha value is -2.21. The van der Waals surface area contributed by atoms with Crippen molar-refractivity contribution in [2.24, 2.45) is 5.92 Å². The van der Waals surface area contributed by atoms with Crippen LogP contribution in [0.15, 0.2) is 30.3 Å². The summed E-state index contributed by atoms with van der Waals surface area (Å²) in [4.78, 5) is 25.1. The monoisotopic (exact) mass is 361 g/mol. The number of halogens is 1. The number of thiophene rings is 1. The van der Waals surface area contributed by atoms with E-state index >= 15 is 0 Å². The summed E-state index contributed by atoms with van der Waals surface area (Å²) in [7, 11) is 0. The zero-order valence-electron chi connectivity index (χ0n) is 13.9. The van der Waals surface area contributed by atoms with E-state index in [0.717, 1.165) is 16.0 Å². The fraction of sp³-hybridized carbons (Fsp3) is 0.368. The predicted octanol–water partition coefficient (Wildman–Crippen LogP) is 4.24. The summed E-state index contributed by atoms with van der Waals surface area (Å²) in [5, 5.41) is 12.0. The van der Waals surface area contributed by atoms with E-state index in [9.17, 15) is 14.0 Å². The van der Waals surface area contributed by atoms with Crippen LogP contribution in [0.4, 0.5) is 4.39 Å². The van der Waals surface area contributed by atoms with Gasteiger partial charge in [0, 0.05) is 10.9 Å². The van der Waals surface area contributed by atoms with Gasteiger partial charge in [0.05, 0.1) is 10.8 Å². The van der Waals surface area contributed by atoms with Crippen LogP contribution in [0.2, 0.25) is 0 Å². The van der Waals surface area contributed by atoms with E-state index < -0.39 is 5.97 Å². The second-order valence-electron chi connectivity index (χ2n) is 6.45. The summed E-state index contributed by atoms with van der Waals surface area (Å²) in [6, 6.07) is 8.10. The van der Waals surface area contributed by atoms with Crippen LogP contribution in [-0.2, 0) is 4.79 Å². The zero-order valence-corrected chi connectivity index (χ0v) is 14.7. The highest BCUT2D eigenvalue weighted by Crippen LogP contribution is 2.31. The van der Waals surface area contributed by atoms with Gasteiger partial charge in [0.15, 0.2) is 0 Å². The molecular formula is C19H20FNO3S. The van der Waals surface area contributed by atoms with Crippen LogP contribution >= 0.6 is 11.3 Å². The van der Waals surface area contributed by atoms with Crippen molar-refractivity contribution in [3.63, 3.8) is 0 Å². The van der Waals surface area contributed by atoms with Crippen molar-refractivity contribution in [2.75, 3.05) is 0 Å². The summed E-state index contributed by atoms with van der Waals surface area (Å²) < 4.78 is 13.1. The molecule has 1 heterocycles. The van der Waals surface area contributed by atoms with Gasteiger partial charge in [0.2, 0.25) is 0 Å². The summed E-state index contributed by atoms with van der Waals surface area (Å²) in [6.45, 7) is 1.94. The van der Waals surface area contributed by atoms with E-state index in [4.69, 9.17) is 5.11 Å². The molecule has 2 aromatic rings. The second kappa shape index (κ2) is 7.35. The van der Waals surface area contributed by atoms with Gasteiger partial charge in [-0.2, -0.15) is 0 Å².